The Labute approximate surface area is 181 Å². The van der Waals surface area contributed by atoms with Crippen molar-refractivity contribution in [3.8, 4) is 22.9 Å². The highest BCUT2D eigenvalue weighted by Crippen LogP contribution is 2.31. The highest BCUT2D eigenvalue weighted by molar-refractivity contribution is 5.58. The molecule has 4 rings (SSSR count). The molecule has 2 N–H and O–H groups in total. The Morgan fingerprint density at radius 2 is 1.94 bits per heavy atom. The van der Waals surface area contributed by atoms with Crippen LogP contribution in [0.3, 0.4) is 0 Å². The van der Waals surface area contributed by atoms with Crippen LogP contribution in [0.2, 0.25) is 0 Å². The van der Waals surface area contributed by atoms with Crippen molar-refractivity contribution in [3.05, 3.63) is 58.6 Å². The van der Waals surface area contributed by atoms with Crippen molar-refractivity contribution in [1.82, 2.24) is 15.0 Å². The Kier molecular flexibility index (Phi) is 6.06. The van der Waals surface area contributed by atoms with Gasteiger partial charge in [-0.1, -0.05) is 6.92 Å². The summed E-state index contributed by atoms with van der Waals surface area (Å²) in [7, 11) is 3.32. The molecule has 8 heteroatoms. The topological polar surface area (TPSA) is 92.4 Å². The van der Waals surface area contributed by atoms with E-state index in [9.17, 15) is 4.79 Å². The molecule has 0 radical (unpaired) electrons. The SMILES string of the molecule is CCc1cc(=O)[nH]c(-c2ccc(NC3CCN(c4cc(OC)cc(OC)c4)C3)nc2)n1. The summed E-state index contributed by atoms with van der Waals surface area (Å²) in [5, 5.41) is 3.50. The molecule has 162 valence electrons. The van der Waals surface area contributed by atoms with Crippen LogP contribution in [0.25, 0.3) is 11.4 Å². The molecule has 1 aliphatic rings. The number of methoxy groups -OCH3 is 2. The van der Waals surface area contributed by atoms with Gasteiger partial charge in [0.15, 0.2) is 0 Å². The van der Waals surface area contributed by atoms with Gasteiger partial charge in [-0.15, -0.1) is 0 Å². The number of benzene rings is 1. The van der Waals surface area contributed by atoms with E-state index in [0.29, 0.717) is 12.2 Å². The fraction of sp³-hybridized carbons (Fsp3) is 0.348. The molecule has 0 aliphatic carbocycles. The van der Waals surface area contributed by atoms with Gasteiger partial charge in [0.05, 0.1) is 14.2 Å². The third kappa shape index (κ3) is 4.79. The largest absolute Gasteiger partial charge is 0.497 e. The Balaban J connectivity index is 1.43. The van der Waals surface area contributed by atoms with Crippen LogP contribution in [0.5, 0.6) is 11.5 Å². The van der Waals surface area contributed by atoms with Crippen molar-refractivity contribution >= 4 is 11.5 Å². The summed E-state index contributed by atoms with van der Waals surface area (Å²) in [6.45, 7) is 3.76. The molecule has 3 heterocycles. The van der Waals surface area contributed by atoms with Crippen LogP contribution in [0.15, 0.2) is 47.4 Å². The van der Waals surface area contributed by atoms with Crippen molar-refractivity contribution in [3.63, 3.8) is 0 Å². The predicted molar refractivity (Wildman–Crippen MR) is 121 cm³/mol. The molecule has 3 aromatic rings. The summed E-state index contributed by atoms with van der Waals surface area (Å²) in [4.78, 5) is 25.9. The zero-order valence-corrected chi connectivity index (χ0v) is 18.0. The first-order chi connectivity index (χ1) is 15.1. The van der Waals surface area contributed by atoms with Crippen LogP contribution in [0.4, 0.5) is 11.5 Å². The van der Waals surface area contributed by atoms with E-state index in [1.807, 2.05) is 37.3 Å². The number of anilines is 2. The molecule has 0 saturated carbocycles. The van der Waals surface area contributed by atoms with Crippen LogP contribution in [-0.2, 0) is 6.42 Å². The molecule has 1 aromatic carbocycles. The fourth-order valence-corrected chi connectivity index (χ4v) is 3.74. The van der Waals surface area contributed by atoms with Crippen LogP contribution in [0, 0.1) is 0 Å². The Bertz CT molecular complexity index is 1070. The summed E-state index contributed by atoms with van der Waals surface area (Å²) in [5.74, 6) is 2.90. The molecule has 1 aliphatic heterocycles. The second kappa shape index (κ2) is 9.07. The Morgan fingerprint density at radius 1 is 1.16 bits per heavy atom. The highest BCUT2D eigenvalue weighted by atomic mass is 16.5. The molecule has 31 heavy (non-hydrogen) atoms. The van der Waals surface area contributed by atoms with Crippen molar-refractivity contribution < 1.29 is 9.47 Å². The van der Waals surface area contributed by atoms with E-state index in [1.165, 1.54) is 6.07 Å². The normalized spacial score (nSPS) is 15.7. The summed E-state index contributed by atoms with van der Waals surface area (Å²) in [6.07, 6.45) is 3.44. The van der Waals surface area contributed by atoms with Crippen molar-refractivity contribution in [2.24, 2.45) is 0 Å². The Morgan fingerprint density at radius 3 is 2.58 bits per heavy atom. The average molecular weight is 422 g/mol. The van der Waals surface area contributed by atoms with Gasteiger partial charge in [-0.2, -0.15) is 0 Å². The zero-order valence-electron chi connectivity index (χ0n) is 18.0. The first-order valence-electron chi connectivity index (χ1n) is 10.4. The average Bonchev–Trinajstić information content (AvgIpc) is 3.27. The number of nitrogens with one attached hydrogen (secondary N) is 2. The lowest BCUT2D eigenvalue weighted by atomic mass is 10.2. The fourth-order valence-electron chi connectivity index (χ4n) is 3.74. The second-order valence-corrected chi connectivity index (χ2v) is 7.52. The van der Waals surface area contributed by atoms with E-state index in [-0.39, 0.29) is 11.6 Å². The molecule has 1 unspecified atom stereocenters. The molecule has 0 spiro atoms. The van der Waals surface area contributed by atoms with Gasteiger partial charge in [-0.3, -0.25) is 4.79 Å². The molecule has 2 aromatic heterocycles. The standard InChI is InChI=1S/C23H27N5O3/c1-4-16-9-22(29)27-23(26-16)15-5-6-21(24-13-15)25-17-7-8-28(14-17)18-10-19(30-2)12-20(11-18)31-3/h5-6,9-13,17H,4,7-8,14H2,1-3H3,(H,24,25)(H,26,27,29). The first-order valence-corrected chi connectivity index (χ1v) is 10.4. The number of nitrogens with zero attached hydrogens (tertiary/aromatic N) is 3. The van der Waals surface area contributed by atoms with E-state index in [1.54, 1.807) is 20.4 Å². The highest BCUT2D eigenvalue weighted by Gasteiger charge is 2.24. The third-order valence-corrected chi connectivity index (χ3v) is 5.44. The maximum atomic E-state index is 11.8. The maximum Gasteiger partial charge on any atom is 0.251 e. The summed E-state index contributed by atoms with van der Waals surface area (Å²) < 4.78 is 10.8. The van der Waals surface area contributed by atoms with Crippen LogP contribution in [0.1, 0.15) is 19.0 Å². The number of aromatic amines is 1. The van der Waals surface area contributed by atoms with Crippen LogP contribution >= 0.6 is 0 Å². The molecule has 1 atom stereocenters. The molecule has 0 amide bonds. The molecular formula is C23H27N5O3. The lowest BCUT2D eigenvalue weighted by molar-refractivity contribution is 0.394. The summed E-state index contributed by atoms with van der Waals surface area (Å²) in [5.41, 5.74) is 2.48. The number of ether oxygens (including phenoxy) is 2. The number of rotatable bonds is 7. The van der Waals surface area contributed by atoms with Crippen LogP contribution in [-0.4, -0.2) is 48.3 Å². The number of hydrogen-bond acceptors (Lipinski definition) is 7. The lowest BCUT2D eigenvalue weighted by Gasteiger charge is -2.21. The van der Waals surface area contributed by atoms with E-state index < -0.39 is 0 Å². The molecule has 8 nitrogen and oxygen atoms in total. The van der Waals surface area contributed by atoms with E-state index >= 15 is 0 Å². The van der Waals surface area contributed by atoms with Gasteiger partial charge in [0, 0.05) is 66.5 Å². The first kappa shape index (κ1) is 20.7. The molecule has 1 fully saturated rings. The van der Waals surface area contributed by atoms with E-state index in [0.717, 1.165) is 53.8 Å². The van der Waals surface area contributed by atoms with Crippen molar-refractivity contribution in [2.75, 3.05) is 37.5 Å². The van der Waals surface area contributed by atoms with Gasteiger partial charge in [-0.05, 0) is 25.0 Å². The predicted octanol–water partition coefficient (Wildman–Crippen LogP) is 3.10. The van der Waals surface area contributed by atoms with Gasteiger partial charge in [-0.25, -0.2) is 9.97 Å². The van der Waals surface area contributed by atoms with E-state index in [4.69, 9.17) is 9.47 Å². The van der Waals surface area contributed by atoms with Crippen LogP contribution < -0.4 is 25.2 Å². The number of aromatic nitrogens is 3. The van der Waals surface area contributed by atoms with E-state index in [2.05, 4.69) is 25.2 Å². The Hall–Kier alpha value is -3.55. The van der Waals surface area contributed by atoms with Gasteiger partial charge in [0.2, 0.25) is 0 Å². The number of pyridine rings is 1. The summed E-state index contributed by atoms with van der Waals surface area (Å²) >= 11 is 0. The quantitative estimate of drug-likeness (QED) is 0.606. The maximum absolute atomic E-state index is 11.8. The van der Waals surface area contributed by atoms with Gasteiger partial charge in [0.1, 0.15) is 23.1 Å². The minimum atomic E-state index is -0.149. The smallest absolute Gasteiger partial charge is 0.251 e. The number of hydrogen-bond donors (Lipinski definition) is 2. The molecule has 1 saturated heterocycles. The number of aryl methyl sites for hydroxylation is 1. The summed E-state index contributed by atoms with van der Waals surface area (Å²) in [6, 6.07) is 11.6. The lowest BCUT2D eigenvalue weighted by Crippen LogP contribution is -2.26. The molecular weight excluding hydrogens is 394 g/mol. The number of H-pyrrole nitrogens is 1. The molecule has 0 bridgehead atoms. The second-order valence-electron chi connectivity index (χ2n) is 7.52. The van der Waals surface area contributed by atoms with Gasteiger partial charge < -0.3 is 24.7 Å². The van der Waals surface area contributed by atoms with Crippen molar-refractivity contribution in [2.45, 2.75) is 25.8 Å². The monoisotopic (exact) mass is 421 g/mol. The zero-order chi connectivity index (χ0) is 21.8. The van der Waals surface area contributed by atoms with Crippen molar-refractivity contribution in [1.29, 1.82) is 0 Å². The van der Waals surface area contributed by atoms with Gasteiger partial charge in [0.25, 0.3) is 5.56 Å². The minimum absolute atomic E-state index is 0.149. The van der Waals surface area contributed by atoms with Gasteiger partial charge >= 0.3 is 0 Å². The third-order valence-electron chi connectivity index (χ3n) is 5.44. The minimum Gasteiger partial charge on any atom is -0.497 e.